The summed E-state index contributed by atoms with van der Waals surface area (Å²) in [5, 5.41) is 8.53. The van der Waals surface area contributed by atoms with Crippen LogP contribution in [0, 0.1) is 0 Å². The summed E-state index contributed by atoms with van der Waals surface area (Å²) in [4.78, 5) is 7.79. The first-order valence-corrected chi connectivity index (χ1v) is 16.1. The molecule has 1 aliphatic carbocycles. The molecule has 0 radical (unpaired) electrons. The number of aromatic nitrogens is 3. The molecule has 208 valence electrons. The number of pyridine rings is 1. The maximum absolute atomic E-state index is 12.8. The third-order valence-corrected chi connectivity index (χ3v) is 11.6. The number of hydrogen-bond donors (Lipinski definition) is 1. The van der Waals surface area contributed by atoms with E-state index < -0.39 is 10.0 Å². The van der Waals surface area contributed by atoms with Gasteiger partial charge in [-0.2, -0.15) is 9.40 Å². The lowest BCUT2D eigenvalue weighted by atomic mass is 9.89. The topological polar surface area (TPSA) is 82.2 Å². The van der Waals surface area contributed by atoms with Gasteiger partial charge in [-0.05, 0) is 100 Å². The lowest BCUT2D eigenvalue weighted by molar-refractivity contribution is 0.0821. The number of benzene rings is 2. The van der Waals surface area contributed by atoms with Crippen molar-refractivity contribution in [1.29, 1.82) is 0 Å². The fourth-order valence-electron chi connectivity index (χ4n) is 6.98. The summed E-state index contributed by atoms with van der Waals surface area (Å²) in [6.45, 7) is 7.30. The van der Waals surface area contributed by atoms with Crippen LogP contribution in [0.4, 0.5) is 0 Å². The van der Waals surface area contributed by atoms with E-state index in [0.29, 0.717) is 24.0 Å². The number of rotatable bonds is 5. The Bertz CT molecular complexity index is 1680. The van der Waals surface area contributed by atoms with Crippen molar-refractivity contribution in [2.45, 2.75) is 75.3 Å². The smallest absolute Gasteiger partial charge is 0.243 e. The van der Waals surface area contributed by atoms with Crippen molar-refractivity contribution in [1.82, 2.24) is 24.4 Å². The average molecular weight is 556 g/mol. The van der Waals surface area contributed by atoms with Crippen molar-refractivity contribution >= 4 is 21.1 Å². The lowest BCUT2D eigenvalue weighted by Crippen LogP contribution is -2.48. The molecule has 0 amide bonds. The van der Waals surface area contributed by atoms with Gasteiger partial charge in [-0.15, -0.1) is 0 Å². The molecule has 8 heteroatoms. The summed E-state index contributed by atoms with van der Waals surface area (Å²) in [6.07, 6.45) is 10.1. The number of hydrogen-bond acceptors (Lipinski definition) is 5. The molecule has 40 heavy (non-hydrogen) atoms. The van der Waals surface area contributed by atoms with Crippen molar-refractivity contribution in [2.24, 2.45) is 0 Å². The number of fused-ring (bicyclic) bond motifs is 2. The Hall–Kier alpha value is -3.07. The van der Waals surface area contributed by atoms with Gasteiger partial charge in [-0.1, -0.05) is 30.3 Å². The standard InChI is InChI=1S/C32H37N5O2S/c1-22-5-3-18-37(22)32(2)14-12-23-6-7-25(19-26(23)13-15-32)27-20-29-30(34-35-31(29)33-21-27)24-8-10-28(11-9-24)40(38,39)36-16-4-17-36/h6-11,19-22H,3-5,12-18H2,1-2H3,(H,33,34,35)/t22-,32?/m1/s1. The fourth-order valence-corrected chi connectivity index (χ4v) is 8.50. The van der Waals surface area contributed by atoms with Crippen LogP contribution in [0.3, 0.4) is 0 Å². The summed E-state index contributed by atoms with van der Waals surface area (Å²) >= 11 is 0. The molecule has 1 unspecified atom stereocenters. The number of H-pyrrole nitrogens is 1. The molecule has 2 aliphatic heterocycles. The monoisotopic (exact) mass is 555 g/mol. The van der Waals surface area contributed by atoms with E-state index in [1.54, 1.807) is 12.1 Å². The summed E-state index contributed by atoms with van der Waals surface area (Å²) in [5.74, 6) is 0. The Labute approximate surface area is 236 Å². The fraction of sp³-hybridized carbons (Fsp3) is 0.438. The zero-order chi connectivity index (χ0) is 27.5. The van der Waals surface area contributed by atoms with Crippen LogP contribution >= 0.6 is 0 Å². The quantitative estimate of drug-likeness (QED) is 0.315. The Morgan fingerprint density at radius 1 is 0.900 bits per heavy atom. The molecule has 2 saturated heterocycles. The van der Waals surface area contributed by atoms with Crippen LogP contribution in [0.15, 0.2) is 59.6 Å². The molecule has 0 bridgehead atoms. The van der Waals surface area contributed by atoms with E-state index >= 15 is 0 Å². The Morgan fingerprint density at radius 2 is 1.65 bits per heavy atom. The Morgan fingerprint density at radius 3 is 2.35 bits per heavy atom. The van der Waals surface area contributed by atoms with Crippen molar-refractivity contribution in [2.75, 3.05) is 19.6 Å². The highest BCUT2D eigenvalue weighted by atomic mass is 32.2. The third kappa shape index (κ3) is 4.37. The molecule has 3 aliphatic rings. The number of sulfonamides is 1. The molecule has 1 N–H and O–H groups in total. The van der Waals surface area contributed by atoms with Crippen molar-refractivity contribution in [3.8, 4) is 22.4 Å². The molecule has 7 rings (SSSR count). The third-order valence-electron chi connectivity index (χ3n) is 9.65. The largest absolute Gasteiger partial charge is 0.295 e. The van der Waals surface area contributed by atoms with Gasteiger partial charge >= 0.3 is 0 Å². The van der Waals surface area contributed by atoms with Gasteiger partial charge in [-0.3, -0.25) is 10.00 Å². The van der Waals surface area contributed by atoms with Gasteiger partial charge < -0.3 is 0 Å². The van der Waals surface area contributed by atoms with Gasteiger partial charge in [0, 0.05) is 47.4 Å². The van der Waals surface area contributed by atoms with Gasteiger partial charge in [0.2, 0.25) is 10.0 Å². The first-order chi connectivity index (χ1) is 19.3. The Balaban J connectivity index is 1.16. The van der Waals surface area contributed by atoms with E-state index in [1.807, 2.05) is 18.3 Å². The van der Waals surface area contributed by atoms with E-state index in [-0.39, 0.29) is 5.54 Å². The van der Waals surface area contributed by atoms with Crippen molar-refractivity contribution in [3.05, 3.63) is 65.9 Å². The molecule has 2 fully saturated rings. The summed E-state index contributed by atoms with van der Waals surface area (Å²) in [7, 11) is -3.41. The van der Waals surface area contributed by atoms with Crippen LogP contribution in [0.5, 0.6) is 0 Å². The highest BCUT2D eigenvalue weighted by Gasteiger charge is 2.38. The van der Waals surface area contributed by atoms with E-state index in [0.717, 1.165) is 47.1 Å². The number of likely N-dealkylation sites (tertiary alicyclic amines) is 1. The summed E-state index contributed by atoms with van der Waals surface area (Å²) in [5.41, 5.74) is 7.81. The number of nitrogens with one attached hydrogen (secondary N) is 1. The SMILES string of the molecule is C[C@@H]1CCCN1C1(C)CCc2ccc(-c3cnc4[nH]nc(-c5ccc(S(=O)(=O)N6CCC6)cc5)c4c3)cc2CC1. The summed E-state index contributed by atoms with van der Waals surface area (Å²) in [6, 6.07) is 16.8. The van der Waals surface area contributed by atoms with Crippen LogP contribution < -0.4 is 0 Å². The van der Waals surface area contributed by atoms with E-state index in [9.17, 15) is 8.42 Å². The van der Waals surface area contributed by atoms with Gasteiger partial charge in [0.15, 0.2) is 5.65 Å². The predicted molar refractivity (Wildman–Crippen MR) is 159 cm³/mol. The predicted octanol–water partition coefficient (Wildman–Crippen LogP) is 5.81. The maximum atomic E-state index is 12.8. The van der Waals surface area contributed by atoms with Gasteiger partial charge in [0.25, 0.3) is 0 Å². The molecule has 0 spiro atoms. The molecule has 0 saturated carbocycles. The number of nitrogens with zero attached hydrogens (tertiary/aromatic N) is 4. The van der Waals surface area contributed by atoms with Gasteiger partial charge in [0.05, 0.1) is 4.90 Å². The van der Waals surface area contributed by atoms with Crippen molar-refractivity contribution in [3.63, 3.8) is 0 Å². The van der Waals surface area contributed by atoms with E-state index in [4.69, 9.17) is 0 Å². The highest BCUT2D eigenvalue weighted by Crippen LogP contribution is 2.38. The molecule has 4 heterocycles. The van der Waals surface area contributed by atoms with Crippen LogP contribution in [-0.2, 0) is 22.9 Å². The average Bonchev–Trinajstić information content (AvgIpc) is 3.51. The van der Waals surface area contributed by atoms with Crippen LogP contribution in [0.2, 0.25) is 0 Å². The highest BCUT2D eigenvalue weighted by molar-refractivity contribution is 7.89. The minimum Gasteiger partial charge on any atom is -0.295 e. The van der Waals surface area contributed by atoms with Crippen LogP contribution in [0.25, 0.3) is 33.4 Å². The Kier molecular flexibility index (Phi) is 6.33. The van der Waals surface area contributed by atoms with Crippen LogP contribution in [0.1, 0.15) is 57.1 Å². The van der Waals surface area contributed by atoms with Gasteiger partial charge in [0.1, 0.15) is 5.69 Å². The molecule has 7 nitrogen and oxygen atoms in total. The number of aromatic amines is 1. The minimum atomic E-state index is -3.41. The molecule has 2 atom stereocenters. The molecule has 4 aromatic rings. The second kappa shape index (κ2) is 9.79. The van der Waals surface area contributed by atoms with Crippen LogP contribution in [-0.4, -0.2) is 64.0 Å². The normalized spacial score (nSPS) is 24.1. The molecular weight excluding hydrogens is 518 g/mol. The zero-order valence-corrected chi connectivity index (χ0v) is 24.2. The zero-order valence-electron chi connectivity index (χ0n) is 23.4. The van der Waals surface area contributed by atoms with E-state index in [2.05, 4.69) is 58.2 Å². The maximum Gasteiger partial charge on any atom is 0.243 e. The molecular formula is C32H37N5O2S. The first-order valence-electron chi connectivity index (χ1n) is 14.7. The van der Waals surface area contributed by atoms with E-state index in [1.165, 1.54) is 53.2 Å². The van der Waals surface area contributed by atoms with Gasteiger partial charge in [-0.25, -0.2) is 13.4 Å². The second-order valence-electron chi connectivity index (χ2n) is 12.1. The molecule has 2 aromatic heterocycles. The number of aryl methyl sites for hydroxylation is 2. The molecule has 2 aromatic carbocycles. The minimum absolute atomic E-state index is 0.269. The second-order valence-corrected chi connectivity index (χ2v) is 14.1. The van der Waals surface area contributed by atoms with Crippen molar-refractivity contribution < 1.29 is 8.42 Å². The lowest BCUT2D eigenvalue weighted by Gasteiger charge is -2.41. The first kappa shape index (κ1) is 25.9. The summed E-state index contributed by atoms with van der Waals surface area (Å²) < 4.78 is 27.0.